The molecule has 110 valence electrons. The van der Waals surface area contributed by atoms with Crippen LogP contribution < -0.4 is 5.32 Å². The highest BCUT2D eigenvalue weighted by Gasteiger charge is 2.19. The van der Waals surface area contributed by atoms with Crippen LogP contribution in [-0.2, 0) is 20.7 Å². The third kappa shape index (κ3) is 3.81. The van der Waals surface area contributed by atoms with Gasteiger partial charge >= 0.3 is 5.97 Å². The van der Waals surface area contributed by atoms with E-state index in [1.165, 1.54) is 7.11 Å². The molecule has 4 nitrogen and oxygen atoms in total. The normalized spacial score (nSPS) is 11.9. The molecule has 2 aromatic rings. The van der Waals surface area contributed by atoms with Crippen LogP contribution in [0.1, 0.15) is 18.9 Å². The van der Waals surface area contributed by atoms with Gasteiger partial charge in [0, 0.05) is 0 Å². The Bertz CT molecular complexity index is 651. The zero-order valence-electron chi connectivity index (χ0n) is 12.3. The van der Waals surface area contributed by atoms with E-state index in [1.807, 2.05) is 49.4 Å². The summed E-state index contributed by atoms with van der Waals surface area (Å²) in [5.41, 5.74) is 0.922. The Balaban J connectivity index is 2.05. The van der Waals surface area contributed by atoms with E-state index in [1.54, 1.807) is 0 Å². The highest BCUT2D eigenvalue weighted by Crippen LogP contribution is 2.16. The van der Waals surface area contributed by atoms with Crippen molar-refractivity contribution in [2.24, 2.45) is 0 Å². The molecule has 0 bridgehead atoms. The van der Waals surface area contributed by atoms with E-state index in [0.29, 0.717) is 6.42 Å². The lowest BCUT2D eigenvalue weighted by Crippen LogP contribution is -2.41. The van der Waals surface area contributed by atoms with Gasteiger partial charge in [0.05, 0.1) is 13.5 Å². The molecule has 0 fully saturated rings. The molecule has 0 aliphatic carbocycles. The highest BCUT2D eigenvalue weighted by molar-refractivity contribution is 5.87. The fourth-order valence-corrected chi connectivity index (χ4v) is 2.25. The van der Waals surface area contributed by atoms with E-state index < -0.39 is 12.0 Å². The number of esters is 1. The van der Waals surface area contributed by atoms with Gasteiger partial charge in [0.25, 0.3) is 0 Å². The second-order valence-electron chi connectivity index (χ2n) is 4.91. The van der Waals surface area contributed by atoms with Gasteiger partial charge in [-0.15, -0.1) is 0 Å². The van der Waals surface area contributed by atoms with Crippen LogP contribution in [0.2, 0.25) is 0 Å². The second kappa shape index (κ2) is 6.88. The largest absolute Gasteiger partial charge is 0.467 e. The SMILES string of the molecule is CC[C@H](NC(=O)Cc1ccc2ccccc2c1)C(=O)OC. The van der Waals surface area contributed by atoms with Crippen LogP contribution in [0.3, 0.4) is 0 Å². The van der Waals surface area contributed by atoms with Crippen molar-refractivity contribution in [3.05, 3.63) is 48.0 Å². The Kier molecular flexibility index (Phi) is 4.93. The predicted molar refractivity (Wildman–Crippen MR) is 81.9 cm³/mol. The molecule has 2 aromatic carbocycles. The minimum atomic E-state index is -0.581. The first kappa shape index (κ1) is 15.0. The average Bonchev–Trinajstić information content (AvgIpc) is 2.51. The molecule has 0 aliphatic rings. The summed E-state index contributed by atoms with van der Waals surface area (Å²) in [7, 11) is 1.32. The first-order chi connectivity index (χ1) is 10.1. The van der Waals surface area contributed by atoms with Crippen molar-refractivity contribution in [2.75, 3.05) is 7.11 Å². The molecule has 0 aromatic heterocycles. The topological polar surface area (TPSA) is 55.4 Å². The predicted octanol–water partition coefficient (Wildman–Crippen LogP) is 2.45. The number of nitrogens with one attached hydrogen (secondary N) is 1. The lowest BCUT2D eigenvalue weighted by atomic mass is 10.0. The molecule has 4 heteroatoms. The summed E-state index contributed by atoms with van der Waals surface area (Å²) in [6.07, 6.45) is 0.758. The Morgan fingerprint density at radius 1 is 1.14 bits per heavy atom. The van der Waals surface area contributed by atoms with Crippen LogP contribution in [0.4, 0.5) is 0 Å². The molecule has 0 spiro atoms. The van der Waals surface area contributed by atoms with Crippen molar-refractivity contribution in [1.82, 2.24) is 5.32 Å². The monoisotopic (exact) mass is 285 g/mol. The van der Waals surface area contributed by atoms with Crippen LogP contribution in [0.25, 0.3) is 10.8 Å². The van der Waals surface area contributed by atoms with Gasteiger partial charge in [-0.25, -0.2) is 4.79 Å². The molecule has 0 saturated carbocycles. The number of rotatable bonds is 5. The van der Waals surface area contributed by atoms with Gasteiger partial charge in [-0.1, -0.05) is 49.4 Å². The Morgan fingerprint density at radius 2 is 1.86 bits per heavy atom. The summed E-state index contributed by atoms with van der Waals surface area (Å²) in [6.45, 7) is 1.83. The van der Waals surface area contributed by atoms with E-state index in [4.69, 9.17) is 0 Å². The van der Waals surface area contributed by atoms with Crippen LogP contribution in [-0.4, -0.2) is 25.0 Å². The van der Waals surface area contributed by atoms with Gasteiger partial charge in [0.15, 0.2) is 0 Å². The van der Waals surface area contributed by atoms with Gasteiger partial charge in [-0.3, -0.25) is 4.79 Å². The number of benzene rings is 2. The molecular weight excluding hydrogens is 266 g/mol. The highest BCUT2D eigenvalue weighted by atomic mass is 16.5. The van der Waals surface area contributed by atoms with Crippen LogP contribution >= 0.6 is 0 Å². The van der Waals surface area contributed by atoms with Crippen LogP contribution in [0.15, 0.2) is 42.5 Å². The summed E-state index contributed by atoms with van der Waals surface area (Å²) in [6, 6.07) is 13.3. The average molecular weight is 285 g/mol. The molecule has 0 aliphatic heterocycles. The third-order valence-electron chi connectivity index (χ3n) is 3.41. The quantitative estimate of drug-likeness (QED) is 0.859. The van der Waals surface area contributed by atoms with E-state index in [0.717, 1.165) is 16.3 Å². The van der Waals surface area contributed by atoms with Crippen LogP contribution in [0.5, 0.6) is 0 Å². The molecule has 1 atom stereocenters. The van der Waals surface area contributed by atoms with Crippen molar-refractivity contribution >= 4 is 22.6 Å². The summed E-state index contributed by atoms with van der Waals surface area (Å²) in [5, 5.41) is 4.94. The molecule has 21 heavy (non-hydrogen) atoms. The van der Waals surface area contributed by atoms with Crippen molar-refractivity contribution in [3.63, 3.8) is 0 Å². The zero-order valence-corrected chi connectivity index (χ0v) is 12.3. The Hall–Kier alpha value is -2.36. The molecule has 1 amide bonds. The first-order valence-corrected chi connectivity index (χ1v) is 6.99. The molecule has 2 rings (SSSR count). The Labute approximate surface area is 124 Å². The number of hydrogen-bond acceptors (Lipinski definition) is 3. The summed E-state index contributed by atoms with van der Waals surface area (Å²) >= 11 is 0. The maximum absolute atomic E-state index is 12.0. The van der Waals surface area contributed by atoms with Crippen molar-refractivity contribution in [3.8, 4) is 0 Å². The first-order valence-electron chi connectivity index (χ1n) is 6.99. The van der Waals surface area contributed by atoms with Crippen molar-refractivity contribution < 1.29 is 14.3 Å². The van der Waals surface area contributed by atoms with E-state index >= 15 is 0 Å². The van der Waals surface area contributed by atoms with Gasteiger partial charge in [0.2, 0.25) is 5.91 Å². The van der Waals surface area contributed by atoms with Crippen molar-refractivity contribution in [2.45, 2.75) is 25.8 Å². The van der Waals surface area contributed by atoms with E-state index in [-0.39, 0.29) is 12.3 Å². The fourth-order valence-electron chi connectivity index (χ4n) is 2.25. The minimum absolute atomic E-state index is 0.178. The van der Waals surface area contributed by atoms with E-state index in [9.17, 15) is 9.59 Å². The molecule has 0 heterocycles. The summed E-state index contributed by atoms with van der Waals surface area (Å²) in [4.78, 5) is 23.5. The standard InChI is InChI=1S/C17H19NO3/c1-3-15(17(20)21-2)18-16(19)11-12-8-9-13-6-4-5-7-14(13)10-12/h4-10,15H,3,11H2,1-2H3,(H,18,19)/t15-/m0/s1. The number of methoxy groups -OCH3 is 1. The lowest BCUT2D eigenvalue weighted by Gasteiger charge is -2.14. The third-order valence-corrected chi connectivity index (χ3v) is 3.41. The number of amides is 1. The summed E-state index contributed by atoms with van der Waals surface area (Å²) < 4.78 is 4.66. The van der Waals surface area contributed by atoms with Crippen LogP contribution in [0, 0.1) is 0 Å². The fraction of sp³-hybridized carbons (Fsp3) is 0.294. The second-order valence-corrected chi connectivity index (χ2v) is 4.91. The van der Waals surface area contributed by atoms with Gasteiger partial charge < -0.3 is 10.1 Å². The molecule has 0 unspecified atom stereocenters. The Morgan fingerprint density at radius 3 is 2.52 bits per heavy atom. The number of carbonyl (C=O) groups is 2. The number of carbonyl (C=O) groups excluding carboxylic acids is 2. The van der Waals surface area contributed by atoms with E-state index in [2.05, 4.69) is 10.1 Å². The zero-order chi connectivity index (χ0) is 15.2. The number of ether oxygens (including phenoxy) is 1. The van der Waals surface area contributed by atoms with Gasteiger partial charge in [-0.2, -0.15) is 0 Å². The minimum Gasteiger partial charge on any atom is -0.467 e. The smallest absolute Gasteiger partial charge is 0.328 e. The van der Waals surface area contributed by atoms with Gasteiger partial charge in [-0.05, 0) is 22.8 Å². The molecule has 0 saturated heterocycles. The summed E-state index contributed by atoms with van der Waals surface area (Å²) in [5.74, 6) is -0.591. The molecule has 1 N–H and O–H groups in total. The lowest BCUT2D eigenvalue weighted by molar-refractivity contribution is -0.145. The molecule has 0 radical (unpaired) electrons. The molecular formula is C17H19NO3. The maximum Gasteiger partial charge on any atom is 0.328 e. The van der Waals surface area contributed by atoms with Crippen molar-refractivity contribution in [1.29, 1.82) is 0 Å². The maximum atomic E-state index is 12.0. The number of fused-ring (bicyclic) bond motifs is 1. The van der Waals surface area contributed by atoms with Gasteiger partial charge in [0.1, 0.15) is 6.04 Å². The number of hydrogen-bond donors (Lipinski definition) is 1.